The molecule has 0 saturated heterocycles. The maximum atomic E-state index is 13.2. The number of benzene rings is 1. The van der Waals surface area contributed by atoms with E-state index in [4.69, 9.17) is 0 Å². The van der Waals surface area contributed by atoms with E-state index >= 15 is 0 Å². The van der Waals surface area contributed by atoms with Gasteiger partial charge in [0, 0.05) is 23.0 Å². The summed E-state index contributed by atoms with van der Waals surface area (Å²) in [5, 5.41) is 3.68. The van der Waals surface area contributed by atoms with Gasteiger partial charge in [-0.3, -0.25) is 4.31 Å². The number of sulfonamides is 1. The minimum atomic E-state index is -3.61. The van der Waals surface area contributed by atoms with E-state index in [0.717, 1.165) is 47.5 Å². The van der Waals surface area contributed by atoms with Crippen molar-refractivity contribution in [2.75, 3.05) is 31.0 Å². The lowest BCUT2D eigenvalue weighted by Crippen LogP contribution is -2.30. The van der Waals surface area contributed by atoms with Crippen LogP contribution in [-0.4, -0.2) is 50.0 Å². The van der Waals surface area contributed by atoms with E-state index in [1.165, 1.54) is 20.5 Å². The van der Waals surface area contributed by atoms with Crippen molar-refractivity contribution in [2.24, 2.45) is 0 Å². The molecule has 0 aliphatic carbocycles. The molecule has 4 aromatic rings. The molecule has 1 aromatic carbocycles. The fourth-order valence-electron chi connectivity index (χ4n) is 3.68. The maximum absolute atomic E-state index is 13.2. The first-order valence-electron chi connectivity index (χ1n) is 10.8. The van der Waals surface area contributed by atoms with Crippen LogP contribution in [0.4, 0.5) is 5.69 Å². The first kappa shape index (κ1) is 23.0. The van der Waals surface area contributed by atoms with Gasteiger partial charge in [0.1, 0.15) is 9.22 Å². The average Bonchev–Trinajstić information content (AvgIpc) is 3.54. The molecule has 1 N–H and O–H groups in total. The van der Waals surface area contributed by atoms with Crippen LogP contribution in [0.15, 0.2) is 52.2 Å². The molecule has 0 amide bonds. The molecule has 3 aromatic heterocycles. The van der Waals surface area contributed by atoms with Gasteiger partial charge in [-0.05, 0) is 63.5 Å². The standard InChI is InChI=1S/C23H28N4O2S3/c1-4-26(3)13-7-10-18-16-24-23(31-18)19-15-17-9-6-11-20(22(17)25-19)27(5-2)32(28,29)21-12-8-14-30-21/h6,8-9,11-12,14-16,25H,4-5,7,10,13H2,1-3H3. The molecule has 0 saturated carbocycles. The number of nitrogens with one attached hydrogen (secondary N) is 1. The topological polar surface area (TPSA) is 69.3 Å². The van der Waals surface area contributed by atoms with Crippen LogP contribution in [-0.2, 0) is 16.4 Å². The third-order valence-corrected chi connectivity index (χ3v) is 9.87. The summed E-state index contributed by atoms with van der Waals surface area (Å²) < 4.78 is 28.3. The number of anilines is 1. The Morgan fingerprint density at radius 3 is 2.69 bits per heavy atom. The summed E-state index contributed by atoms with van der Waals surface area (Å²) in [7, 11) is -1.47. The van der Waals surface area contributed by atoms with Gasteiger partial charge in [-0.1, -0.05) is 25.1 Å². The summed E-state index contributed by atoms with van der Waals surface area (Å²) in [4.78, 5) is 11.6. The molecule has 0 spiro atoms. The van der Waals surface area contributed by atoms with Gasteiger partial charge in [-0.15, -0.1) is 22.7 Å². The minimum absolute atomic E-state index is 0.349. The number of thiophene rings is 1. The lowest BCUT2D eigenvalue weighted by Gasteiger charge is -2.22. The van der Waals surface area contributed by atoms with Gasteiger partial charge in [0.05, 0.1) is 16.9 Å². The number of H-pyrrole nitrogens is 1. The number of aryl methyl sites for hydroxylation is 1. The Balaban J connectivity index is 1.63. The number of hydrogen-bond acceptors (Lipinski definition) is 6. The molecule has 0 bridgehead atoms. The van der Waals surface area contributed by atoms with Gasteiger partial charge < -0.3 is 9.88 Å². The zero-order chi connectivity index (χ0) is 22.7. The van der Waals surface area contributed by atoms with E-state index in [1.807, 2.05) is 31.3 Å². The van der Waals surface area contributed by atoms with E-state index in [1.54, 1.807) is 28.8 Å². The Kier molecular flexibility index (Phi) is 6.99. The number of thiazole rings is 1. The minimum Gasteiger partial charge on any atom is -0.351 e. The number of para-hydroxylation sites is 1. The summed E-state index contributed by atoms with van der Waals surface area (Å²) in [6.45, 7) is 6.51. The number of aromatic nitrogens is 2. The Morgan fingerprint density at radius 1 is 1.12 bits per heavy atom. The highest BCUT2D eigenvalue weighted by molar-refractivity contribution is 7.94. The lowest BCUT2D eigenvalue weighted by atomic mass is 10.2. The third-order valence-electron chi connectivity index (χ3n) is 5.52. The molecule has 170 valence electrons. The SMILES string of the molecule is CCN(C)CCCc1cnc(-c2cc3cccc(N(CC)S(=O)(=O)c4cccs4)c3[nH]2)s1. The predicted molar refractivity (Wildman–Crippen MR) is 135 cm³/mol. The van der Waals surface area contributed by atoms with Crippen LogP contribution >= 0.6 is 22.7 Å². The summed E-state index contributed by atoms with van der Waals surface area (Å²) >= 11 is 2.93. The fourth-order valence-corrected chi connectivity index (χ4v) is 7.20. The highest BCUT2D eigenvalue weighted by atomic mass is 32.2. The zero-order valence-corrected chi connectivity index (χ0v) is 21.0. The van der Waals surface area contributed by atoms with Gasteiger partial charge in [0.2, 0.25) is 0 Å². The number of aromatic amines is 1. The van der Waals surface area contributed by atoms with Crippen LogP contribution in [0.1, 0.15) is 25.1 Å². The number of fused-ring (bicyclic) bond motifs is 1. The molecular formula is C23H28N4O2S3. The maximum Gasteiger partial charge on any atom is 0.273 e. The molecule has 4 rings (SSSR count). The van der Waals surface area contributed by atoms with Gasteiger partial charge in [-0.25, -0.2) is 13.4 Å². The van der Waals surface area contributed by atoms with Crippen molar-refractivity contribution < 1.29 is 8.42 Å². The van der Waals surface area contributed by atoms with E-state index in [0.29, 0.717) is 16.4 Å². The molecule has 0 atom stereocenters. The second-order valence-corrected chi connectivity index (χ2v) is 11.8. The number of nitrogens with zero attached hydrogens (tertiary/aromatic N) is 3. The Bertz CT molecular complexity index is 1280. The monoisotopic (exact) mass is 488 g/mol. The summed E-state index contributed by atoms with van der Waals surface area (Å²) in [6.07, 6.45) is 4.07. The van der Waals surface area contributed by atoms with Crippen molar-refractivity contribution in [3.05, 3.63) is 52.9 Å². The number of rotatable bonds is 10. The van der Waals surface area contributed by atoms with Crippen LogP contribution in [0.25, 0.3) is 21.6 Å². The third kappa shape index (κ3) is 4.61. The molecular weight excluding hydrogens is 460 g/mol. The van der Waals surface area contributed by atoms with E-state index in [2.05, 4.69) is 34.9 Å². The Morgan fingerprint density at radius 2 is 1.97 bits per heavy atom. The molecule has 3 heterocycles. The smallest absolute Gasteiger partial charge is 0.273 e. The van der Waals surface area contributed by atoms with Crippen molar-refractivity contribution in [2.45, 2.75) is 30.9 Å². The van der Waals surface area contributed by atoms with Crippen LogP contribution in [0, 0.1) is 0 Å². The van der Waals surface area contributed by atoms with Crippen molar-refractivity contribution in [1.29, 1.82) is 0 Å². The largest absolute Gasteiger partial charge is 0.351 e. The van der Waals surface area contributed by atoms with E-state index < -0.39 is 10.0 Å². The summed E-state index contributed by atoms with van der Waals surface area (Å²) in [5.41, 5.74) is 2.38. The molecule has 6 nitrogen and oxygen atoms in total. The quantitative estimate of drug-likeness (QED) is 0.322. The van der Waals surface area contributed by atoms with Crippen LogP contribution in [0.5, 0.6) is 0 Å². The van der Waals surface area contributed by atoms with Crippen molar-refractivity contribution in [3.8, 4) is 10.7 Å². The second kappa shape index (κ2) is 9.74. The van der Waals surface area contributed by atoms with Gasteiger partial charge in [0.15, 0.2) is 0 Å². The van der Waals surface area contributed by atoms with E-state index in [9.17, 15) is 8.42 Å². The van der Waals surface area contributed by atoms with Crippen molar-refractivity contribution in [3.63, 3.8) is 0 Å². The zero-order valence-electron chi connectivity index (χ0n) is 18.5. The predicted octanol–water partition coefficient (Wildman–Crippen LogP) is 5.45. The van der Waals surface area contributed by atoms with Crippen molar-refractivity contribution in [1.82, 2.24) is 14.9 Å². The second-order valence-electron chi connectivity index (χ2n) is 7.66. The van der Waals surface area contributed by atoms with Gasteiger partial charge in [0.25, 0.3) is 10.0 Å². The summed E-state index contributed by atoms with van der Waals surface area (Å²) in [5.74, 6) is 0. The highest BCUT2D eigenvalue weighted by Crippen LogP contribution is 2.35. The molecule has 0 radical (unpaired) electrons. The molecule has 9 heteroatoms. The molecule has 0 aliphatic rings. The van der Waals surface area contributed by atoms with Crippen LogP contribution < -0.4 is 4.31 Å². The van der Waals surface area contributed by atoms with Gasteiger partial charge in [-0.2, -0.15) is 0 Å². The van der Waals surface area contributed by atoms with Crippen LogP contribution in [0.2, 0.25) is 0 Å². The Hall–Kier alpha value is -2.20. The summed E-state index contributed by atoms with van der Waals surface area (Å²) in [6, 6.07) is 11.2. The lowest BCUT2D eigenvalue weighted by molar-refractivity contribution is 0.348. The highest BCUT2D eigenvalue weighted by Gasteiger charge is 2.26. The first-order chi connectivity index (χ1) is 15.4. The Labute approximate surface area is 197 Å². The average molecular weight is 489 g/mol. The molecule has 0 aliphatic heterocycles. The molecule has 0 fully saturated rings. The fraction of sp³-hybridized carbons (Fsp3) is 0.348. The van der Waals surface area contributed by atoms with Crippen LogP contribution in [0.3, 0.4) is 0 Å². The first-order valence-corrected chi connectivity index (χ1v) is 13.9. The van der Waals surface area contributed by atoms with E-state index in [-0.39, 0.29) is 0 Å². The number of hydrogen-bond donors (Lipinski definition) is 1. The van der Waals surface area contributed by atoms with Crippen molar-refractivity contribution >= 4 is 49.3 Å². The molecule has 32 heavy (non-hydrogen) atoms. The molecule has 0 unspecified atom stereocenters. The van der Waals surface area contributed by atoms with Gasteiger partial charge >= 0.3 is 0 Å². The normalized spacial score (nSPS) is 12.1.